The highest BCUT2D eigenvalue weighted by Gasteiger charge is 2.25. The second kappa shape index (κ2) is 4.74. The lowest BCUT2D eigenvalue weighted by atomic mass is 10.1. The Morgan fingerprint density at radius 2 is 1.95 bits per heavy atom. The van der Waals surface area contributed by atoms with Crippen molar-refractivity contribution < 1.29 is 9.13 Å². The molecule has 0 spiro atoms. The molecule has 1 aromatic carbocycles. The summed E-state index contributed by atoms with van der Waals surface area (Å²) in [6.07, 6.45) is 1.71. The van der Waals surface area contributed by atoms with Gasteiger partial charge in [0.2, 0.25) is 0 Å². The lowest BCUT2D eigenvalue weighted by molar-refractivity contribution is -0.00538. The van der Waals surface area contributed by atoms with Crippen LogP contribution in [0.5, 0.6) is 0 Å². The van der Waals surface area contributed by atoms with E-state index in [1.54, 1.807) is 12.1 Å². The predicted octanol–water partition coefficient (Wildman–Crippen LogP) is 2.38. The van der Waals surface area contributed by atoms with E-state index < -0.39 is 0 Å². The smallest absolute Gasteiger partial charge is 0.143 e. The zero-order valence-electron chi connectivity index (χ0n) is 11.0. The van der Waals surface area contributed by atoms with E-state index in [1.807, 2.05) is 13.8 Å². The van der Waals surface area contributed by atoms with Crippen LogP contribution in [0.2, 0.25) is 0 Å². The minimum atomic E-state index is -0.278. The minimum absolute atomic E-state index is 0.112. The number of nitrogens with zero attached hydrogens (tertiary/aromatic N) is 3. The van der Waals surface area contributed by atoms with Crippen LogP contribution in [0.3, 0.4) is 0 Å². The Morgan fingerprint density at radius 1 is 1.21 bits per heavy atom. The third-order valence-electron chi connectivity index (χ3n) is 3.31. The van der Waals surface area contributed by atoms with Crippen molar-refractivity contribution in [2.24, 2.45) is 0 Å². The van der Waals surface area contributed by atoms with Crippen LogP contribution >= 0.6 is 0 Å². The van der Waals surface area contributed by atoms with Crippen molar-refractivity contribution in [3.63, 3.8) is 0 Å². The molecule has 0 saturated carbocycles. The van der Waals surface area contributed by atoms with E-state index in [0.717, 1.165) is 0 Å². The summed E-state index contributed by atoms with van der Waals surface area (Å²) in [4.78, 5) is 10.5. The number of halogens is 1. The van der Waals surface area contributed by atoms with Gasteiger partial charge in [-0.1, -0.05) is 6.07 Å². The monoisotopic (exact) mass is 261 g/mol. The second-order valence-corrected chi connectivity index (χ2v) is 4.99. The number of morpholine rings is 1. The van der Waals surface area contributed by atoms with Gasteiger partial charge in [0.15, 0.2) is 0 Å². The van der Waals surface area contributed by atoms with Crippen LogP contribution in [0, 0.1) is 5.82 Å². The fourth-order valence-electron chi connectivity index (χ4n) is 2.64. The zero-order valence-corrected chi connectivity index (χ0v) is 11.0. The van der Waals surface area contributed by atoms with Crippen LogP contribution < -0.4 is 4.90 Å². The molecule has 0 aliphatic carbocycles. The number of hydrogen-bond donors (Lipinski definition) is 0. The largest absolute Gasteiger partial charge is 0.372 e. The first-order chi connectivity index (χ1) is 9.15. The number of hydrogen-bond acceptors (Lipinski definition) is 4. The van der Waals surface area contributed by atoms with Crippen LogP contribution in [0.25, 0.3) is 10.9 Å². The van der Waals surface area contributed by atoms with Gasteiger partial charge in [0.25, 0.3) is 0 Å². The number of aromatic nitrogens is 2. The molecule has 1 aliphatic rings. The van der Waals surface area contributed by atoms with Gasteiger partial charge in [0, 0.05) is 13.1 Å². The van der Waals surface area contributed by atoms with E-state index in [9.17, 15) is 4.39 Å². The molecule has 4 nitrogen and oxygen atoms in total. The Morgan fingerprint density at radius 3 is 2.68 bits per heavy atom. The molecule has 5 heteroatoms. The van der Waals surface area contributed by atoms with Crippen molar-refractivity contribution >= 4 is 16.7 Å². The van der Waals surface area contributed by atoms with Crippen molar-refractivity contribution in [2.75, 3.05) is 18.0 Å². The van der Waals surface area contributed by atoms with Crippen LogP contribution in [0.1, 0.15) is 13.8 Å². The molecule has 1 fully saturated rings. The highest BCUT2D eigenvalue weighted by Crippen LogP contribution is 2.27. The molecule has 0 amide bonds. The van der Waals surface area contributed by atoms with Crippen LogP contribution in [-0.2, 0) is 4.74 Å². The molecule has 1 saturated heterocycles. The lowest BCUT2D eigenvalue weighted by Gasteiger charge is -2.36. The van der Waals surface area contributed by atoms with Gasteiger partial charge in [-0.2, -0.15) is 0 Å². The molecule has 100 valence electrons. The fourth-order valence-corrected chi connectivity index (χ4v) is 2.64. The third kappa shape index (κ3) is 2.26. The molecular formula is C14H16FN3O. The van der Waals surface area contributed by atoms with Crippen LogP contribution in [-0.4, -0.2) is 35.3 Å². The first-order valence-electron chi connectivity index (χ1n) is 6.45. The maximum Gasteiger partial charge on any atom is 0.143 e. The van der Waals surface area contributed by atoms with Crippen molar-refractivity contribution in [3.8, 4) is 0 Å². The molecule has 3 rings (SSSR count). The summed E-state index contributed by atoms with van der Waals surface area (Å²) in [6, 6.07) is 4.92. The van der Waals surface area contributed by atoms with Crippen molar-refractivity contribution in [2.45, 2.75) is 26.1 Å². The molecule has 19 heavy (non-hydrogen) atoms. The molecule has 2 heterocycles. The average molecular weight is 261 g/mol. The summed E-state index contributed by atoms with van der Waals surface area (Å²) >= 11 is 0. The molecule has 2 aromatic rings. The topological polar surface area (TPSA) is 38.2 Å². The molecule has 1 aliphatic heterocycles. The summed E-state index contributed by atoms with van der Waals surface area (Å²) in [5, 5.41) is 0.492. The number of ether oxygens (including phenoxy) is 1. The van der Waals surface area contributed by atoms with E-state index in [4.69, 9.17) is 4.74 Å². The Hall–Kier alpha value is -1.75. The van der Waals surface area contributed by atoms with E-state index in [1.165, 1.54) is 12.4 Å². The quantitative estimate of drug-likeness (QED) is 0.790. The summed E-state index contributed by atoms with van der Waals surface area (Å²) in [5.74, 6) is 0.380. The summed E-state index contributed by atoms with van der Waals surface area (Å²) in [5.41, 5.74) is 0.636. The first kappa shape index (κ1) is 12.3. The number of rotatable bonds is 1. The Labute approximate surface area is 111 Å². The summed E-state index contributed by atoms with van der Waals surface area (Å²) in [6.45, 7) is 5.46. The van der Waals surface area contributed by atoms with Crippen molar-refractivity contribution in [1.29, 1.82) is 0 Å². The average Bonchev–Trinajstić information content (AvgIpc) is 2.37. The van der Waals surface area contributed by atoms with Gasteiger partial charge in [-0.25, -0.2) is 14.4 Å². The SMILES string of the molecule is C[C@H]1CN(c2ncnc3cccc(F)c23)C[C@H](C)O1. The third-order valence-corrected chi connectivity index (χ3v) is 3.31. The molecule has 0 bridgehead atoms. The second-order valence-electron chi connectivity index (χ2n) is 4.99. The predicted molar refractivity (Wildman–Crippen MR) is 71.7 cm³/mol. The molecule has 0 radical (unpaired) electrons. The molecule has 0 unspecified atom stereocenters. The summed E-state index contributed by atoms with van der Waals surface area (Å²) < 4.78 is 19.8. The first-order valence-corrected chi connectivity index (χ1v) is 6.45. The number of benzene rings is 1. The zero-order chi connectivity index (χ0) is 13.4. The van der Waals surface area contributed by atoms with Gasteiger partial charge < -0.3 is 9.64 Å². The van der Waals surface area contributed by atoms with Gasteiger partial charge >= 0.3 is 0 Å². The standard InChI is InChI=1S/C14H16FN3O/c1-9-6-18(7-10(2)19-9)14-13-11(15)4-3-5-12(13)16-8-17-14/h3-5,8-10H,6-7H2,1-2H3/t9-,10-/m0/s1. The molecule has 0 N–H and O–H groups in total. The highest BCUT2D eigenvalue weighted by molar-refractivity contribution is 5.89. The van der Waals surface area contributed by atoms with Gasteiger partial charge in [-0.15, -0.1) is 0 Å². The van der Waals surface area contributed by atoms with Gasteiger partial charge in [-0.05, 0) is 26.0 Å². The van der Waals surface area contributed by atoms with Crippen LogP contribution in [0.4, 0.5) is 10.2 Å². The maximum atomic E-state index is 14.1. The van der Waals surface area contributed by atoms with Crippen molar-refractivity contribution in [3.05, 3.63) is 30.3 Å². The Balaban J connectivity index is 2.09. The summed E-state index contributed by atoms with van der Waals surface area (Å²) in [7, 11) is 0. The Kier molecular flexibility index (Phi) is 3.06. The van der Waals surface area contributed by atoms with E-state index in [2.05, 4.69) is 14.9 Å². The van der Waals surface area contributed by atoms with Crippen LogP contribution in [0.15, 0.2) is 24.5 Å². The minimum Gasteiger partial charge on any atom is -0.372 e. The lowest BCUT2D eigenvalue weighted by Crippen LogP contribution is -2.46. The highest BCUT2D eigenvalue weighted by atomic mass is 19.1. The maximum absolute atomic E-state index is 14.1. The van der Waals surface area contributed by atoms with E-state index in [0.29, 0.717) is 29.8 Å². The van der Waals surface area contributed by atoms with Gasteiger partial charge in [0.1, 0.15) is 18.0 Å². The molecule has 1 aromatic heterocycles. The van der Waals surface area contributed by atoms with Gasteiger partial charge in [-0.3, -0.25) is 0 Å². The molecule has 2 atom stereocenters. The Bertz CT molecular complexity index is 589. The van der Waals surface area contributed by atoms with E-state index >= 15 is 0 Å². The molecular weight excluding hydrogens is 245 g/mol. The number of fused-ring (bicyclic) bond motifs is 1. The number of anilines is 1. The van der Waals surface area contributed by atoms with Gasteiger partial charge in [0.05, 0.1) is 23.1 Å². The normalized spacial score (nSPS) is 23.8. The fraction of sp³-hybridized carbons (Fsp3) is 0.429. The van der Waals surface area contributed by atoms with Crippen molar-refractivity contribution in [1.82, 2.24) is 9.97 Å². The van der Waals surface area contributed by atoms with E-state index in [-0.39, 0.29) is 18.0 Å².